The zero-order valence-corrected chi connectivity index (χ0v) is 24.2. The molecule has 1 aliphatic rings. The molecule has 0 bridgehead atoms. The van der Waals surface area contributed by atoms with Crippen LogP contribution in [0.4, 0.5) is 11.4 Å². The van der Waals surface area contributed by atoms with Crippen molar-refractivity contribution in [2.75, 3.05) is 5.32 Å². The van der Waals surface area contributed by atoms with Gasteiger partial charge in [-0.25, -0.2) is 0 Å². The van der Waals surface area contributed by atoms with Crippen LogP contribution in [0.5, 0.6) is 0 Å². The van der Waals surface area contributed by atoms with Crippen molar-refractivity contribution in [3.8, 4) is 11.1 Å². The maximum absolute atomic E-state index is 3.72. The Labute approximate surface area is 225 Å². The highest BCUT2D eigenvalue weighted by Gasteiger charge is 2.40. The average molecular weight is 504 g/mol. The second-order valence-corrected chi connectivity index (χ2v) is 14.3. The molecule has 1 aliphatic carbocycles. The number of thiophene rings is 1. The molecule has 0 spiro atoms. The van der Waals surface area contributed by atoms with E-state index in [2.05, 4.69) is 134 Å². The van der Waals surface area contributed by atoms with E-state index in [1.165, 1.54) is 53.6 Å². The number of hydrogen-bond acceptors (Lipinski definition) is 2. The van der Waals surface area contributed by atoms with E-state index in [0.717, 1.165) is 11.4 Å². The van der Waals surface area contributed by atoms with Gasteiger partial charge in [0.25, 0.3) is 0 Å². The Morgan fingerprint density at radius 3 is 2.05 bits per heavy atom. The number of fused-ring (bicyclic) bond motifs is 6. The van der Waals surface area contributed by atoms with Gasteiger partial charge in [-0.2, -0.15) is 0 Å². The lowest BCUT2D eigenvalue weighted by Crippen LogP contribution is -2.24. The number of hydrogen-bond donors (Lipinski definition) is 1. The van der Waals surface area contributed by atoms with Crippen molar-refractivity contribution >= 4 is 42.9 Å². The van der Waals surface area contributed by atoms with Crippen LogP contribution >= 0.6 is 11.3 Å². The largest absolute Gasteiger partial charge is 0.355 e. The van der Waals surface area contributed by atoms with Crippen LogP contribution in [0.2, 0.25) is 0 Å². The Morgan fingerprint density at radius 1 is 0.649 bits per heavy atom. The molecule has 1 aromatic heterocycles. The Hall–Kier alpha value is -3.10. The lowest BCUT2D eigenvalue weighted by Gasteiger charge is -2.32. The van der Waals surface area contributed by atoms with E-state index in [1.54, 1.807) is 0 Å². The lowest BCUT2D eigenvalue weighted by molar-refractivity contribution is 0.545. The monoisotopic (exact) mass is 503 g/mol. The molecule has 37 heavy (non-hydrogen) atoms. The topological polar surface area (TPSA) is 12.0 Å². The predicted octanol–water partition coefficient (Wildman–Crippen LogP) is 10.7. The summed E-state index contributed by atoms with van der Waals surface area (Å²) in [5.41, 5.74) is 11.0. The van der Waals surface area contributed by atoms with Gasteiger partial charge in [-0.3, -0.25) is 0 Å². The summed E-state index contributed by atoms with van der Waals surface area (Å²) in [5.74, 6) is 0. The van der Waals surface area contributed by atoms with E-state index in [-0.39, 0.29) is 16.2 Å². The second kappa shape index (κ2) is 7.95. The number of nitrogens with one attached hydrogen (secondary N) is 1. The van der Waals surface area contributed by atoms with Gasteiger partial charge in [0.2, 0.25) is 0 Å². The summed E-state index contributed by atoms with van der Waals surface area (Å²) in [5, 5.41) is 6.40. The van der Waals surface area contributed by atoms with Gasteiger partial charge < -0.3 is 5.32 Å². The smallest absolute Gasteiger partial charge is 0.0398 e. The Balaban J connectivity index is 1.44. The van der Waals surface area contributed by atoms with Crippen LogP contribution < -0.4 is 5.32 Å². The van der Waals surface area contributed by atoms with Crippen LogP contribution in [0.15, 0.2) is 72.8 Å². The van der Waals surface area contributed by atoms with Gasteiger partial charge in [0.15, 0.2) is 0 Å². The van der Waals surface area contributed by atoms with Crippen LogP contribution in [-0.4, -0.2) is 0 Å². The van der Waals surface area contributed by atoms with E-state index in [4.69, 9.17) is 0 Å². The van der Waals surface area contributed by atoms with Crippen molar-refractivity contribution in [3.05, 3.63) is 95.1 Å². The molecule has 0 radical (unpaired) electrons. The maximum atomic E-state index is 3.72. The van der Waals surface area contributed by atoms with Gasteiger partial charge in [0.1, 0.15) is 0 Å². The number of benzene rings is 4. The minimum atomic E-state index is -0.0587. The third-order valence-electron chi connectivity index (χ3n) is 8.09. The Kier molecular flexibility index (Phi) is 5.21. The van der Waals surface area contributed by atoms with Crippen LogP contribution in [0.25, 0.3) is 31.3 Å². The van der Waals surface area contributed by atoms with E-state index >= 15 is 0 Å². The van der Waals surface area contributed by atoms with Crippen LogP contribution in [0.1, 0.15) is 77.6 Å². The van der Waals surface area contributed by atoms with Gasteiger partial charge in [-0.1, -0.05) is 97.9 Å². The summed E-state index contributed by atoms with van der Waals surface area (Å²) in [6, 6.07) is 27.3. The van der Waals surface area contributed by atoms with Crippen LogP contribution in [0, 0.1) is 0 Å². The fraction of sp³-hybridized carbons (Fsp3) is 0.314. The molecular formula is C35H37NS. The molecule has 0 fully saturated rings. The van der Waals surface area contributed by atoms with E-state index in [9.17, 15) is 0 Å². The molecule has 5 aromatic rings. The highest BCUT2D eigenvalue weighted by molar-refractivity contribution is 7.25. The normalized spacial score (nSPS) is 14.7. The van der Waals surface area contributed by atoms with Gasteiger partial charge in [0.05, 0.1) is 0 Å². The van der Waals surface area contributed by atoms with E-state index < -0.39 is 0 Å². The fourth-order valence-electron chi connectivity index (χ4n) is 6.03. The van der Waals surface area contributed by atoms with Crippen molar-refractivity contribution in [3.63, 3.8) is 0 Å². The molecule has 1 N–H and O–H groups in total. The lowest BCUT2D eigenvalue weighted by atomic mass is 9.71. The van der Waals surface area contributed by atoms with Crippen LogP contribution in [0.3, 0.4) is 0 Å². The molecule has 1 heterocycles. The van der Waals surface area contributed by atoms with Crippen molar-refractivity contribution in [2.24, 2.45) is 0 Å². The highest BCUT2D eigenvalue weighted by atomic mass is 32.1. The summed E-state index contributed by atoms with van der Waals surface area (Å²) in [7, 11) is 0. The van der Waals surface area contributed by atoms with Gasteiger partial charge in [-0.15, -0.1) is 11.3 Å². The van der Waals surface area contributed by atoms with Crippen molar-refractivity contribution in [1.82, 2.24) is 0 Å². The zero-order valence-electron chi connectivity index (χ0n) is 23.3. The number of rotatable bonds is 2. The summed E-state index contributed by atoms with van der Waals surface area (Å²) in [4.78, 5) is 0. The van der Waals surface area contributed by atoms with Gasteiger partial charge in [-0.05, 0) is 74.5 Å². The molecule has 0 atom stereocenters. The van der Waals surface area contributed by atoms with Crippen molar-refractivity contribution < 1.29 is 0 Å². The first-order valence-electron chi connectivity index (χ1n) is 13.4. The Bertz CT molecular complexity index is 1690. The molecule has 0 saturated heterocycles. The molecule has 0 saturated carbocycles. The standard InChI is InChI=1S/C35H37NS/c1-33(2,3)21-17-27-24-15-13-22(19-28(24)35(7,8)32(27)29(18-21)34(4,5)6)36-23-14-16-26-25-11-9-10-12-30(25)37-31(26)20-23/h9-20,36H,1-8H3. The fourth-order valence-corrected chi connectivity index (χ4v) is 7.18. The molecule has 188 valence electrons. The van der Waals surface area contributed by atoms with Crippen LogP contribution in [-0.2, 0) is 16.2 Å². The van der Waals surface area contributed by atoms with E-state index in [1.807, 2.05) is 11.3 Å². The maximum Gasteiger partial charge on any atom is 0.0398 e. The molecule has 0 unspecified atom stereocenters. The van der Waals surface area contributed by atoms with Crippen molar-refractivity contribution in [2.45, 2.75) is 71.6 Å². The average Bonchev–Trinajstić information content (AvgIpc) is 3.29. The first kappa shape index (κ1) is 24.2. The SMILES string of the molecule is CC(C)(C)c1cc2c(c(C(C)(C)C)c1)C(C)(C)c1cc(Nc3ccc4c(c3)sc3ccccc34)ccc1-2. The second-order valence-electron chi connectivity index (χ2n) is 13.3. The molecule has 6 rings (SSSR count). The summed E-state index contributed by atoms with van der Waals surface area (Å²) < 4.78 is 2.67. The number of anilines is 2. The molecule has 0 aliphatic heterocycles. The molecule has 0 amide bonds. The summed E-state index contributed by atoms with van der Waals surface area (Å²) in [6.07, 6.45) is 0. The molecule has 1 nitrogen and oxygen atoms in total. The first-order chi connectivity index (χ1) is 17.3. The first-order valence-corrected chi connectivity index (χ1v) is 14.2. The van der Waals surface area contributed by atoms with Gasteiger partial charge in [0, 0.05) is 37.0 Å². The van der Waals surface area contributed by atoms with E-state index in [0.29, 0.717) is 0 Å². The Morgan fingerprint density at radius 2 is 1.32 bits per heavy atom. The minimum Gasteiger partial charge on any atom is -0.355 e. The molecular weight excluding hydrogens is 466 g/mol. The minimum absolute atomic E-state index is 0.0587. The zero-order chi connectivity index (χ0) is 26.3. The molecule has 2 heteroatoms. The quantitative estimate of drug-likeness (QED) is 0.252. The third-order valence-corrected chi connectivity index (χ3v) is 9.22. The highest BCUT2D eigenvalue weighted by Crippen LogP contribution is 2.54. The predicted molar refractivity (Wildman–Crippen MR) is 164 cm³/mol. The third kappa shape index (κ3) is 3.89. The summed E-state index contributed by atoms with van der Waals surface area (Å²) >= 11 is 1.86. The summed E-state index contributed by atoms with van der Waals surface area (Å²) in [6.45, 7) is 18.8. The molecule has 4 aromatic carbocycles. The van der Waals surface area contributed by atoms with Gasteiger partial charge >= 0.3 is 0 Å². The van der Waals surface area contributed by atoms with Crippen molar-refractivity contribution in [1.29, 1.82) is 0 Å².